The van der Waals surface area contributed by atoms with Crippen LogP contribution in [0.5, 0.6) is 5.75 Å². The number of carbonyl (C=O) groups is 1. The number of ether oxygens (including phenoxy) is 1. The van der Waals surface area contributed by atoms with Crippen molar-refractivity contribution < 1.29 is 9.53 Å². The molecule has 0 fully saturated rings. The molecule has 1 aliphatic heterocycles. The van der Waals surface area contributed by atoms with Crippen molar-refractivity contribution in [1.29, 1.82) is 0 Å². The second-order valence-electron chi connectivity index (χ2n) is 4.81. The molecule has 21 heavy (non-hydrogen) atoms. The summed E-state index contributed by atoms with van der Waals surface area (Å²) in [6.07, 6.45) is 5.25. The smallest absolute Gasteiger partial charge is 0.251 e. The molecule has 2 aromatic rings. The maximum atomic E-state index is 12.3. The van der Waals surface area contributed by atoms with Crippen LogP contribution in [0, 0.1) is 0 Å². The standard InChI is InChI=1S/C15H14BrN3O2/c1-9(14-17-4-5-18-14)19-15(20)11-6-10-7-12(16)2-3-13(10)21-8-11/h2-7,9H,8H2,1H3,(H,17,18)(H,19,20). The van der Waals surface area contributed by atoms with Crippen LogP contribution in [0.15, 0.2) is 40.6 Å². The molecule has 1 atom stereocenters. The summed E-state index contributed by atoms with van der Waals surface area (Å²) in [6, 6.07) is 5.54. The predicted molar refractivity (Wildman–Crippen MR) is 82.8 cm³/mol. The Morgan fingerprint density at radius 2 is 2.38 bits per heavy atom. The lowest BCUT2D eigenvalue weighted by Gasteiger charge is -2.19. The number of nitrogens with zero attached hydrogens (tertiary/aromatic N) is 1. The Hall–Kier alpha value is -2.08. The molecule has 0 spiro atoms. The number of nitrogens with one attached hydrogen (secondary N) is 2. The van der Waals surface area contributed by atoms with Crippen molar-refractivity contribution in [2.75, 3.05) is 6.61 Å². The fourth-order valence-corrected chi connectivity index (χ4v) is 2.53. The number of benzene rings is 1. The zero-order valence-electron chi connectivity index (χ0n) is 11.4. The third-order valence-corrected chi connectivity index (χ3v) is 3.75. The van der Waals surface area contributed by atoms with Gasteiger partial charge in [0.1, 0.15) is 18.2 Å². The molecular weight excluding hydrogens is 334 g/mol. The van der Waals surface area contributed by atoms with Crippen LogP contribution in [-0.4, -0.2) is 22.5 Å². The number of aromatic nitrogens is 2. The van der Waals surface area contributed by atoms with Crippen molar-refractivity contribution in [1.82, 2.24) is 15.3 Å². The fourth-order valence-electron chi connectivity index (χ4n) is 2.15. The normalized spacial score (nSPS) is 14.7. The quantitative estimate of drug-likeness (QED) is 0.896. The van der Waals surface area contributed by atoms with Gasteiger partial charge in [0.05, 0.1) is 11.6 Å². The Bertz CT molecular complexity index is 695. The highest BCUT2D eigenvalue weighted by atomic mass is 79.9. The Balaban J connectivity index is 1.76. The molecule has 0 aliphatic carbocycles. The molecule has 1 aromatic carbocycles. The highest BCUT2D eigenvalue weighted by Gasteiger charge is 2.19. The summed E-state index contributed by atoms with van der Waals surface area (Å²) in [5.41, 5.74) is 1.49. The van der Waals surface area contributed by atoms with Crippen molar-refractivity contribution in [3.63, 3.8) is 0 Å². The highest BCUT2D eigenvalue weighted by molar-refractivity contribution is 9.10. The summed E-state index contributed by atoms with van der Waals surface area (Å²) in [5.74, 6) is 1.36. The van der Waals surface area contributed by atoms with Crippen molar-refractivity contribution >= 4 is 27.9 Å². The van der Waals surface area contributed by atoms with Crippen molar-refractivity contribution in [2.45, 2.75) is 13.0 Å². The Labute approximate surface area is 130 Å². The van der Waals surface area contributed by atoms with E-state index in [0.717, 1.165) is 21.6 Å². The molecule has 0 bridgehead atoms. The van der Waals surface area contributed by atoms with Crippen LogP contribution in [-0.2, 0) is 4.79 Å². The van der Waals surface area contributed by atoms with Crippen LogP contribution >= 0.6 is 15.9 Å². The van der Waals surface area contributed by atoms with Gasteiger partial charge in [0.15, 0.2) is 0 Å². The molecule has 0 radical (unpaired) electrons. The molecule has 108 valence electrons. The van der Waals surface area contributed by atoms with Crippen LogP contribution < -0.4 is 10.1 Å². The summed E-state index contributed by atoms with van der Waals surface area (Å²) in [4.78, 5) is 19.4. The maximum Gasteiger partial charge on any atom is 0.251 e. The van der Waals surface area contributed by atoms with Gasteiger partial charge in [-0.15, -0.1) is 0 Å². The first-order valence-corrected chi connectivity index (χ1v) is 7.36. The zero-order chi connectivity index (χ0) is 14.8. The van der Waals surface area contributed by atoms with Gasteiger partial charge >= 0.3 is 0 Å². The average molecular weight is 348 g/mol. The van der Waals surface area contributed by atoms with E-state index in [1.54, 1.807) is 12.4 Å². The molecule has 1 amide bonds. The lowest BCUT2D eigenvalue weighted by atomic mass is 10.1. The topological polar surface area (TPSA) is 67.0 Å². The van der Waals surface area contributed by atoms with Gasteiger partial charge in [-0.1, -0.05) is 15.9 Å². The molecule has 1 aliphatic rings. The minimum absolute atomic E-state index is 0.149. The van der Waals surface area contributed by atoms with Crippen LogP contribution in [0.3, 0.4) is 0 Å². The number of hydrogen-bond acceptors (Lipinski definition) is 3. The van der Waals surface area contributed by atoms with Gasteiger partial charge in [-0.25, -0.2) is 4.98 Å². The van der Waals surface area contributed by atoms with E-state index >= 15 is 0 Å². The van der Waals surface area contributed by atoms with Gasteiger partial charge in [0, 0.05) is 22.4 Å². The molecule has 0 saturated carbocycles. The number of aromatic amines is 1. The summed E-state index contributed by atoms with van der Waals surface area (Å²) < 4.78 is 6.56. The largest absolute Gasteiger partial charge is 0.488 e. The number of hydrogen-bond donors (Lipinski definition) is 2. The average Bonchev–Trinajstić information content (AvgIpc) is 3.00. The van der Waals surface area contributed by atoms with Gasteiger partial charge in [0.2, 0.25) is 0 Å². The Morgan fingerprint density at radius 3 is 3.14 bits per heavy atom. The minimum atomic E-state index is -0.183. The lowest BCUT2D eigenvalue weighted by molar-refractivity contribution is -0.118. The second kappa shape index (κ2) is 5.73. The number of fused-ring (bicyclic) bond motifs is 1. The molecule has 2 heterocycles. The van der Waals surface area contributed by atoms with E-state index in [9.17, 15) is 4.79 Å². The van der Waals surface area contributed by atoms with Crippen LogP contribution in [0.2, 0.25) is 0 Å². The summed E-state index contributed by atoms with van der Waals surface area (Å²) in [6.45, 7) is 2.15. The van der Waals surface area contributed by atoms with E-state index in [1.807, 2.05) is 31.2 Å². The van der Waals surface area contributed by atoms with E-state index in [4.69, 9.17) is 4.74 Å². The lowest BCUT2D eigenvalue weighted by Crippen LogP contribution is -2.31. The summed E-state index contributed by atoms with van der Waals surface area (Å²) in [5, 5.41) is 2.90. The first-order chi connectivity index (χ1) is 10.1. The van der Waals surface area contributed by atoms with E-state index in [2.05, 4.69) is 31.2 Å². The summed E-state index contributed by atoms with van der Waals surface area (Å²) in [7, 11) is 0. The SMILES string of the molecule is CC(NC(=O)C1=Cc2cc(Br)ccc2OC1)c1ncc[nH]1. The number of halogens is 1. The highest BCUT2D eigenvalue weighted by Crippen LogP contribution is 2.29. The van der Waals surface area contributed by atoms with Crippen LogP contribution in [0.4, 0.5) is 0 Å². The minimum Gasteiger partial charge on any atom is -0.488 e. The predicted octanol–water partition coefficient (Wildman–Crippen LogP) is 2.83. The molecule has 5 nitrogen and oxygen atoms in total. The molecule has 2 N–H and O–H groups in total. The van der Waals surface area contributed by atoms with Gasteiger partial charge in [-0.05, 0) is 31.2 Å². The molecule has 0 saturated heterocycles. The van der Waals surface area contributed by atoms with Crippen molar-refractivity contribution in [3.05, 3.63) is 52.0 Å². The number of H-pyrrole nitrogens is 1. The first kappa shape index (κ1) is 13.9. The van der Waals surface area contributed by atoms with E-state index in [0.29, 0.717) is 5.57 Å². The number of rotatable bonds is 3. The number of imidazole rings is 1. The van der Waals surface area contributed by atoms with E-state index in [-0.39, 0.29) is 18.6 Å². The van der Waals surface area contributed by atoms with E-state index in [1.165, 1.54) is 0 Å². The van der Waals surface area contributed by atoms with Crippen molar-refractivity contribution in [3.8, 4) is 5.75 Å². The van der Waals surface area contributed by atoms with Gasteiger partial charge in [-0.2, -0.15) is 0 Å². The monoisotopic (exact) mass is 347 g/mol. The second-order valence-corrected chi connectivity index (χ2v) is 5.73. The third-order valence-electron chi connectivity index (χ3n) is 3.25. The Kier molecular flexibility index (Phi) is 3.79. The maximum absolute atomic E-state index is 12.3. The van der Waals surface area contributed by atoms with Crippen molar-refractivity contribution in [2.24, 2.45) is 0 Å². The number of amides is 1. The first-order valence-electron chi connectivity index (χ1n) is 6.56. The molecule has 1 aromatic heterocycles. The van der Waals surface area contributed by atoms with Gasteiger partial charge in [-0.3, -0.25) is 4.79 Å². The summed E-state index contributed by atoms with van der Waals surface area (Å²) >= 11 is 3.42. The van der Waals surface area contributed by atoms with Crippen LogP contribution in [0.25, 0.3) is 6.08 Å². The number of carbonyl (C=O) groups excluding carboxylic acids is 1. The fraction of sp³-hybridized carbons (Fsp3) is 0.200. The van der Waals surface area contributed by atoms with E-state index < -0.39 is 0 Å². The Morgan fingerprint density at radius 1 is 1.52 bits per heavy atom. The van der Waals surface area contributed by atoms with Crippen LogP contribution in [0.1, 0.15) is 24.4 Å². The zero-order valence-corrected chi connectivity index (χ0v) is 13.0. The molecule has 1 unspecified atom stereocenters. The molecule has 6 heteroatoms. The van der Waals surface area contributed by atoms with Gasteiger partial charge in [0.25, 0.3) is 5.91 Å². The third kappa shape index (κ3) is 3.00. The molecule has 3 rings (SSSR count). The molecular formula is C15H14BrN3O2. The van der Waals surface area contributed by atoms with Gasteiger partial charge < -0.3 is 15.0 Å².